The van der Waals surface area contributed by atoms with Crippen LogP contribution in [0, 0.1) is 12.7 Å². The number of carbonyl (C=O) groups excluding carboxylic acids is 1. The van der Waals surface area contributed by atoms with E-state index in [1.54, 1.807) is 25.1 Å². The maximum absolute atomic E-state index is 13.3. The summed E-state index contributed by atoms with van der Waals surface area (Å²) in [6.45, 7) is 4.44. The summed E-state index contributed by atoms with van der Waals surface area (Å²) in [6, 6.07) is 12.4. The monoisotopic (exact) mass is 513 g/mol. The maximum atomic E-state index is 13.3. The van der Waals surface area contributed by atoms with Crippen molar-refractivity contribution in [2.45, 2.75) is 6.92 Å². The molecule has 4 rings (SSSR count). The van der Waals surface area contributed by atoms with Crippen LogP contribution in [0.1, 0.15) is 5.82 Å². The average Bonchev–Trinajstić information content (AvgIpc) is 2.81. The van der Waals surface area contributed by atoms with Gasteiger partial charge in [0.25, 0.3) is 0 Å². The van der Waals surface area contributed by atoms with Crippen LogP contribution in [0.3, 0.4) is 0 Å². The van der Waals surface area contributed by atoms with E-state index in [2.05, 4.69) is 30.8 Å². The van der Waals surface area contributed by atoms with Crippen LogP contribution >= 0.6 is 11.6 Å². The van der Waals surface area contributed by atoms with Crippen molar-refractivity contribution in [3.63, 3.8) is 0 Å². The number of carboxylic acids is 1. The van der Waals surface area contributed by atoms with E-state index in [0.29, 0.717) is 54.9 Å². The number of anilines is 5. The lowest BCUT2D eigenvalue weighted by atomic mass is 10.2. The highest BCUT2D eigenvalue weighted by molar-refractivity contribution is 6.31. The molecule has 0 saturated carbocycles. The molecule has 3 aromatic rings. The number of urea groups is 1. The first-order valence-electron chi connectivity index (χ1n) is 11.2. The third-order valence-corrected chi connectivity index (χ3v) is 5.74. The molecule has 2 aromatic carbocycles. The lowest BCUT2D eigenvalue weighted by molar-refractivity contribution is -0.138. The Morgan fingerprint density at radius 3 is 2.39 bits per heavy atom. The number of aryl methyl sites for hydroxylation is 1. The van der Waals surface area contributed by atoms with Crippen LogP contribution in [0.25, 0.3) is 0 Å². The van der Waals surface area contributed by atoms with Gasteiger partial charge >= 0.3 is 12.0 Å². The third-order valence-electron chi connectivity index (χ3n) is 5.45. The average molecular weight is 514 g/mol. The number of carboxylic acid groups (broad SMARTS) is 1. The van der Waals surface area contributed by atoms with Crippen LogP contribution in [-0.2, 0) is 4.79 Å². The molecule has 0 radical (unpaired) electrons. The molecule has 0 bridgehead atoms. The van der Waals surface area contributed by atoms with E-state index in [-0.39, 0.29) is 11.6 Å². The van der Waals surface area contributed by atoms with Crippen molar-refractivity contribution in [2.75, 3.05) is 53.6 Å². The van der Waals surface area contributed by atoms with Crippen molar-refractivity contribution in [3.8, 4) is 0 Å². The Hall–Kier alpha value is -3.96. The van der Waals surface area contributed by atoms with Crippen LogP contribution in [0.4, 0.5) is 37.9 Å². The topological polar surface area (TPSA) is 123 Å². The molecule has 2 heterocycles. The van der Waals surface area contributed by atoms with E-state index in [1.807, 2.05) is 17.0 Å². The van der Waals surface area contributed by atoms with Crippen molar-refractivity contribution in [3.05, 3.63) is 65.2 Å². The molecule has 1 saturated heterocycles. The molecule has 4 N–H and O–H groups in total. The molecule has 0 unspecified atom stereocenters. The summed E-state index contributed by atoms with van der Waals surface area (Å²) in [5, 5.41) is 17.5. The van der Waals surface area contributed by atoms with Crippen molar-refractivity contribution in [1.82, 2.24) is 14.9 Å². The molecule has 1 aliphatic rings. The molecular formula is C24H25ClFN7O3. The Bertz CT molecular complexity index is 1270. The quantitative estimate of drug-likeness (QED) is 0.371. The molecule has 1 aromatic heterocycles. The first kappa shape index (κ1) is 25.1. The number of hydrogen-bond donors (Lipinski definition) is 4. The number of piperazine rings is 1. The normalized spacial score (nSPS) is 13.8. The molecule has 36 heavy (non-hydrogen) atoms. The number of hydrogen-bond acceptors (Lipinski definition) is 7. The highest BCUT2D eigenvalue weighted by Crippen LogP contribution is 2.24. The molecule has 1 aliphatic heterocycles. The van der Waals surface area contributed by atoms with Gasteiger partial charge in [-0.15, -0.1) is 0 Å². The Labute approximate surface area is 212 Å². The first-order chi connectivity index (χ1) is 17.2. The van der Waals surface area contributed by atoms with Gasteiger partial charge in [0.05, 0.1) is 11.6 Å². The van der Waals surface area contributed by atoms with Crippen molar-refractivity contribution in [2.24, 2.45) is 0 Å². The number of nitrogens with zero attached hydrogens (tertiary/aromatic N) is 4. The summed E-state index contributed by atoms with van der Waals surface area (Å²) < 4.78 is 13.3. The number of benzene rings is 2. The van der Waals surface area contributed by atoms with Gasteiger partial charge in [-0.25, -0.2) is 19.2 Å². The summed E-state index contributed by atoms with van der Waals surface area (Å²) in [6.07, 6.45) is 0. The van der Waals surface area contributed by atoms with Gasteiger partial charge in [0, 0.05) is 49.3 Å². The van der Waals surface area contributed by atoms with Crippen LogP contribution in [0.5, 0.6) is 0 Å². The van der Waals surface area contributed by atoms with E-state index < -0.39 is 17.8 Å². The molecule has 0 atom stereocenters. The molecule has 188 valence electrons. The zero-order valence-electron chi connectivity index (χ0n) is 19.5. The fourth-order valence-electron chi connectivity index (χ4n) is 3.79. The van der Waals surface area contributed by atoms with Crippen LogP contribution in [-0.4, -0.2) is 64.7 Å². The lowest BCUT2D eigenvalue weighted by Gasteiger charge is -2.34. The summed E-state index contributed by atoms with van der Waals surface area (Å²) >= 11 is 5.76. The van der Waals surface area contributed by atoms with Crippen LogP contribution in [0.2, 0.25) is 5.02 Å². The number of amides is 2. The Morgan fingerprint density at radius 1 is 1.00 bits per heavy atom. The molecule has 10 nitrogen and oxygen atoms in total. The number of aliphatic carboxylic acids is 1. The summed E-state index contributed by atoms with van der Waals surface area (Å²) in [7, 11) is 0. The number of halogens is 2. The fraction of sp³-hybridized carbons (Fsp3) is 0.250. The van der Waals surface area contributed by atoms with Gasteiger partial charge in [0.15, 0.2) is 0 Å². The van der Waals surface area contributed by atoms with E-state index in [4.69, 9.17) is 16.7 Å². The van der Waals surface area contributed by atoms with Gasteiger partial charge in [0.1, 0.15) is 23.3 Å². The first-order valence-corrected chi connectivity index (χ1v) is 11.6. The van der Waals surface area contributed by atoms with Gasteiger partial charge in [-0.2, -0.15) is 0 Å². The fourth-order valence-corrected chi connectivity index (χ4v) is 3.97. The second-order valence-corrected chi connectivity index (χ2v) is 8.64. The van der Waals surface area contributed by atoms with Crippen molar-refractivity contribution < 1.29 is 19.1 Å². The lowest BCUT2D eigenvalue weighted by Crippen LogP contribution is -2.48. The second kappa shape index (κ2) is 11.2. The zero-order chi connectivity index (χ0) is 25.7. The summed E-state index contributed by atoms with van der Waals surface area (Å²) in [4.78, 5) is 36.3. The predicted molar refractivity (Wildman–Crippen MR) is 137 cm³/mol. The Morgan fingerprint density at radius 2 is 1.69 bits per heavy atom. The van der Waals surface area contributed by atoms with Crippen LogP contribution < -0.4 is 20.9 Å². The molecule has 1 fully saturated rings. The molecule has 2 amide bonds. The van der Waals surface area contributed by atoms with Crippen molar-refractivity contribution >= 4 is 52.3 Å². The SMILES string of the molecule is Cc1nc(Nc2cccc(NC(=O)Nc3ccc(F)c(Cl)c3)c2)cc(N2CCN(CC(=O)O)CC2)n1. The molecule has 0 spiro atoms. The molecular weight excluding hydrogens is 489 g/mol. The van der Waals surface area contributed by atoms with E-state index >= 15 is 0 Å². The number of rotatable bonds is 7. The number of carbonyl (C=O) groups is 2. The van der Waals surface area contributed by atoms with Gasteiger partial charge < -0.3 is 26.0 Å². The molecule has 12 heteroatoms. The van der Waals surface area contributed by atoms with E-state index in [9.17, 15) is 14.0 Å². The number of aromatic nitrogens is 2. The minimum Gasteiger partial charge on any atom is -0.480 e. The van der Waals surface area contributed by atoms with Gasteiger partial charge in [-0.3, -0.25) is 9.69 Å². The smallest absolute Gasteiger partial charge is 0.323 e. The largest absolute Gasteiger partial charge is 0.480 e. The summed E-state index contributed by atoms with van der Waals surface area (Å²) in [5.41, 5.74) is 1.60. The highest BCUT2D eigenvalue weighted by Gasteiger charge is 2.20. The third kappa shape index (κ3) is 6.80. The van der Waals surface area contributed by atoms with Gasteiger partial charge in [0.2, 0.25) is 0 Å². The minimum atomic E-state index is -0.832. The van der Waals surface area contributed by atoms with E-state index in [1.165, 1.54) is 18.2 Å². The van der Waals surface area contributed by atoms with Crippen LogP contribution in [0.15, 0.2) is 48.5 Å². The minimum absolute atomic E-state index is 0.0312. The van der Waals surface area contributed by atoms with Crippen molar-refractivity contribution in [1.29, 1.82) is 0 Å². The van der Waals surface area contributed by atoms with Gasteiger partial charge in [-0.1, -0.05) is 17.7 Å². The second-order valence-electron chi connectivity index (χ2n) is 8.23. The van der Waals surface area contributed by atoms with E-state index in [0.717, 1.165) is 5.82 Å². The highest BCUT2D eigenvalue weighted by atomic mass is 35.5. The predicted octanol–water partition coefficient (Wildman–Crippen LogP) is 4.17. The van der Waals surface area contributed by atoms with Gasteiger partial charge in [-0.05, 0) is 43.3 Å². The summed E-state index contributed by atoms with van der Waals surface area (Å²) in [5.74, 6) is 0.543. The number of nitrogens with one attached hydrogen (secondary N) is 3. The Kier molecular flexibility index (Phi) is 7.81. The molecule has 0 aliphatic carbocycles. The standard InChI is InChI=1S/C24H25ClFN7O3/c1-15-27-21(13-22(28-15)33-9-7-32(8-10-33)14-23(34)35)29-16-3-2-4-17(11-16)30-24(36)31-18-5-6-20(26)19(25)12-18/h2-6,11-13H,7-10,14H2,1H3,(H,34,35)(H,27,28,29)(H2,30,31,36). The zero-order valence-corrected chi connectivity index (χ0v) is 20.2. The maximum Gasteiger partial charge on any atom is 0.323 e. The Balaban J connectivity index is 1.39.